The highest BCUT2D eigenvalue weighted by molar-refractivity contribution is 7.85. The van der Waals surface area contributed by atoms with E-state index in [1.54, 1.807) is 0 Å². The molecule has 2 saturated carbocycles. The molecule has 0 aliphatic heterocycles. The van der Waals surface area contributed by atoms with Gasteiger partial charge in [0.25, 0.3) is 10.1 Å². The predicted octanol–water partition coefficient (Wildman–Crippen LogP) is 4.52. The van der Waals surface area contributed by atoms with Crippen LogP contribution in [0.4, 0.5) is 0 Å². The van der Waals surface area contributed by atoms with Crippen molar-refractivity contribution >= 4 is 15.9 Å². The first-order valence-corrected chi connectivity index (χ1v) is 12.6. The lowest BCUT2D eigenvalue weighted by Crippen LogP contribution is -2.49. The van der Waals surface area contributed by atoms with Crippen molar-refractivity contribution in [1.82, 2.24) is 0 Å². The zero-order chi connectivity index (χ0) is 20.3. The van der Waals surface area contributed by atoms with Crippen molar-refractivity contribution in [2.24, 2.45) is 40.4 Å². The van der Waals surface area contributed by atoms with Crippen molar-refractivity contribution < 1.29 is 17.4 Å². The quantitative estimate of drug-likeness (QED) is 0.644. The van der Waals surface area contributed by atoms with Gasteiger partial charge in [0, 0.05) is 6.42 Å². The third-order valence-electron chi connectivity index (χ3n) is 8.82. The van der Waals surface area contributed by atoms with Crippen LogP contribution in [0.3, 0.4) is 0 Å². The van der Waals surface area contributed by atoms with E-state index in [1.165, 1.54) is 24.8 Å². The lowest BCUT2D eigenvalue weighted by molar-refractivity contribution is -0.116. The minimum absolute atomic E-state index is 0.137. The van der Waals surface area contributed by atoms with Crippen LogP contribution < -0.4 is 0 Å². The number of hydrogen-bond acceptors (Lipinski definition) is 4. The molecule has 28 heavy (non-hydrogen) atoms. The van der Waals surface area contributed by atoms with Crippen LogP contribution in [0.15, 0.2) is 23.8 Å². The van der Waals surface area contributed by atoms with Crippen LogP contribution >= 0.6 is 0 Å². The minimum Gasteiger partial charge on any atom is -0.295 e. The lowest BCUT2D eigenvalue weighted by Gasteiger charge is -2.56. The first-order chi connectivity index (χ1) is 13.0. The third kappa shape index (κ3) is 3.23. The monoisotopic (exact) mass is 406 g/mol. The maximum Gasteiger partial charge on any atom is 0.264 e. The summed E-state index contributed by atoms with van der Waals surface area (Å²) in [4.78, 5) is 11.9. The molecule has 0 amide bonds. The van der Waals surface area contributed by atoms with Gasteiger partial charge in [0.2, 0.25) is 0 Å². The maximum atomic E-state index is 11.9. The van der Waals surface area contributed by atoms with Crippen molar-refractivity contribution in [3.63, 3.8) is 0 Å². The molecule has 0 aromatic heterocycles. The molecular weight excluding hydrogens is 372 g/mol. The summed E-state index contributed by atoms with van der Waals surface area (Å²) in [7, 11) is -3.39. The molecule has 0 aromatic rings. The first kappa shape index (κ1) is 20.3. The van der Waals surface area contributed by atoms with Gasteiger partial charge in [-0.1, -0.05) is 32.9 Å². The summed E-state index contributed by atoms with van der Waals surface area (Å²) in [6.45, 7) is 7.27. The van der Waals surface area contributed by atoms with Gasteiger partial charge in [0.05, 0.1) is 12.9 Å². The highest BCUT2D eigenvalue weighted by Crippen LogP contribution is 2.66. The molecule has 4 rings (SSSR count). The normalized spacial score (nSPS) is 43.7. The smallest absolute Gasteiger partial charge is 0.264 e. The second-order valence-corrected chi connectivity index (χ2v) is 12.0. The number of ketones is 1. The average Bonchev–Trinajstić information content (AvgIpc) is 2.97. The summed E-state index contributed by atoms with van der Waals surface area (Å²) in [6.07, 6.45) is 14.1. The highest BCUT2D eigenvalue weighted by atomic mass is 32.2. The van der Waals surface area contributed by atoms with Gasteiger partial charge in [-0.25, -0.2) is 0 Å². The second kappa shape index (κ2) is 6.80. The van der Waals surface area contributed by atoms with Crippen molar-refractivity contribution in [3.05, 3.63) is 23.8 Å². The summed E-state index contributed by atoms with van der Waals surface area (Å²) >= 11 is 0. The van der Waals surface area contributed by atoms with Crippen LogP contribution in [0, 0.1) is 40.4 Å². The molecule has 0 heterocycles. The Hall–Kier alpha value is -0.940. The molecule has 0 spiro atoms. The summed E-state index contributed by atoms with van der Waals surface area (Å²) in [5, 5.41) is 0. The van der Waals surface area contributed by atoms with Crippen molar-refractivity contribution in [3.8, 4) is 0 Å². The molecular formula is C23H34O4S. The van der Waals surface area contributed by atoms with Gasteiger partial charge in [-0.2, -0.15) is 8.42 Å². The topological polar surface area (TPSA) is 60.4 Å². The second-order valence-electron chi connectivity index (χ2n) is 10.3. The van der Waals surface area contributed by atoms with Gasteiger partial charge in [0.1, 0.15) is 0 Å². The molecule has 4 nitrogen and oxygen atoms in total. The lowest BCUT2D eigenvalue weighted by atomic mass is 9.48. The van der Waals surface area contributed by atoms with E-state index in [2.05, 4.69) is 32.9 Å². The Morgan fingerprint density at radius 1 is 1.18 bits per heavy atom. The Labute approximate surface area is 169 Å². The Morgan fingerprint density at radius 3 is 2.64 bits per heavy atom. The van der Waals surface area contributed by atoms with E-state index in [1.807, 2.05) is 6.08 Å². The van der Waals surface area contributed by atoms with Crippen molar-refractivity contribution in [2.75, 3.05) is 12.9 Å². The van der Waals surface area contributed by atoms with E-state index in [-0.39, 0.29) is 22.5 Å². The Morgan fingerprint density at radius 2 is 1.93 bits per heavy atom. The Balaban J connectivity index is 1.58. The van der Waals surface area contributed by atoms with Gasteiger partial charge in [-0.15, -0.1) is 0 Å². The van der Waals surface area contributed by atoms with Crippen LogP contribution in [0.2, 0.25) is 0 Å². The van der Waals surface area contributed by atoms with Gasteiger partial charge in [0.15, 0.2) is 5.78 Å². The van der Waals surface area contributed by atoms with Gasteiger partial charge < -0.3 is 0 Å². The van der Waals surface area contributed by atoms with E-state index in [9.17, 15) is 13.2 Å². The standard InChI is InChI=1S/C23H34O4S/c1-15(14-27-28(4,25)26)19-7-8-20-18-6-5-16-13-17(24)9-11-22(16,2)21(18)10-12-23(19,20)3/h5-6,13,15,18-21H,7-12,14H2,1-4H3/t15-,18+,19-,20+,21+,22+,23-/m1/s1. The molecule has 0 aromatic carbocycles. The molecule has 4 aliphatic rings. The predicted molar refractivity (Wildman–Crippen MR) is 110 cm³/mol. The largest absolute Gasteiger partial charge is 0.295 e. The van der Waals surface area contributed by atoms with E-state index < -0.39 is 10.1 Å². The highest BCUT2D eigenvalue weighted by Gasteiger charge is 2.58. The van der Waals surface area contributed by atoms with Crippen molar-refractivity contribution in [2.45, 2.75) is 59.3 Å². The molecule has 4 aliphatic carbocycles. The maximum absolute atomic E-state index is 11.9. The number of carbonyl (C=O) groups excluding carboxylic acids is 1. The molecule has 0 saturated heterocycles. The van der Waals surface area contributed by atoms with Gasteiger partial charge in [-0.3, -0.25) is 8.98 Å². The molecule has 0 unspecified atom stereocenters. The first-order valence-electron chi connectivity index (χ1n) is 10.8. The molecule has 2 fully saturated rings. The molecule has 7 atom stereocenters. The molecule has 5 heteroatoms. The number of allylic oxidation sites excluding steroid dienone is 4. The van der Waals surface area contributed by atoms with E-state index in [4.69, 9.17) is 4.18 Å². The summed E-state index contributed by atoms with van der Waals surface area (Å²) in [5.74, 6) is 2.86. The fourth-order valence-corrected chi connectivity index (χ4v) is 7.78. The van der Waals surface area contributed by atoms with E-state index in [0.29, 0.717) is 36.7 Å². The van der Waals surface area contributed by atoms with Crippen LogP contribution in [-0.2, 0) is 19.1 Å². The van der Waals surface area contributed by atoms with Crippen LogP contribution in [0.25, 0.3) is 0 Å². The molecule has 0 bridgehead atoms. The summed E-state index contributed by atoms with van der Waals surface area (Å²) < 4.78 is 28.0. The van der Waals surface area contributed by atoms with Crippen LogP contribution in [0.1, 0.15) is 59.3 Å². The molecule has 156 valence electrons. The van der Waals surface area contributed by atoms with Crippen molar-refractivity contribution in [1.29, 1.82) is 0 Å². The van der Waals surface area contributed by atoms with Crippen LogP contribution in [0.5, 0.6) is 0 Å². The SMILES string of the molecule is C[C@H](COS(C)(=O)=O)[C@H]1CC[C@H]2[C@@H]3C=CC4=CC(=O)CC[C@]4(C)[C@H]3CC[C@]12C. The number of carbonyl (C=O) groups is 1. The Kier molecular flexibility index (Phi) is 4.94. The molecule has 0 N–H and O–H groups in total. The number of hydrogen-bond donors (Lipinski definition) is 0. The fraction of sp³-hybridized carbons (Fsp3) is 0.783. The zero-order valence-electron chi connectivity index (χ0n) is 17.6. The zero-order valence-corrected chi connectivity index (χ0v) is 18.4. The van der Waals surface area contributed by atoms with E-state index in [0.717, 1.165) is 19.1 Å². The molecule has 0 radical (unpaired) electrons. The fourth-order valence-electron chi connectivity index (χ4n) is 7.32. The Bertz CT molecular complexity index is 826. The van der Waals surface area contributed by atoms with Gasteiger partial charge in [-0.05, 0) is 84.2 Å². The van der Waals surface area contributed by atoms with Gasteiger partial charge >= 0.3 is 0 Å². The van der Waals surface area contributed by atoms with E-state index >= 15 is 0 Å². The minimum atomic E-state index is -3.39. The number of fused-ring (bicyclic) bond motifs is 5. The average molecular weight is 407 g/mol. The third-order valence-corrected chi connectivity index (χ3v) is 9.39. The summed E-state index contributed by atoms with van der Waals surface area (Å²) in [5.41, 5.74) is 1.63. The van der Waals surface area contributed by atoms with Crippen LogP contribution in [-0.4, -0.2) is 27.1 Å². The number of rotatable bonds is 4. The summed E-state index contributed by atoms with van der Waals surface area (Å²) in [6, 6.07) is 0.